The molecule has 2 aromatic heterocycles. The number of nitrogens with zero attached hydrogens (tertiary/aromatic N) is 3. The van der Waals surface area contributed by atoms with Crippen LogP contribution in [-0.4, -0.2) is 21.2 Å². The molecule has 2 heterocycles. The van der Waals surface area contributed by atoms with Crippen LogP contribution in [0, 0.1) is 6.92 Å². The van der Waals surface area contributed by atoms with Gasteiger partial charge in [0.1, 0.15) is 5.76 Å². The van der Waals surface area contributed by atoms with E-state index in [1.807, 2.05) is 0 Å². The van der Waals surface area contributed by atoms with Gasteiger partial charge in [-0.05, 0) is 6.92 Å². The molecular weight excluding hydrogens is 224 g/mol. The summed E-state index contributed by atoms with van der Waals surface area (Å²) < 4.78 is 4.79. The first-order chi connectivity index (χ1) is 8.24. The minimum atomic E-state index is -0.482. The van der Waals surface area contributed by atoms with Crippen LogP contribution in [0.4, 0.5) is 16.4 Å². The van der Waals surface area contributed by atoms with E-state index in [1.54, 1.807) is 13.0 Å². The molecule has 8 heteroatoms. The standard InChI is InChI=1S/C9H10N6O2/c1-6-4-7(15-17-6)12-9(16)14-13-8-5-10-2-3-11-8/h2-5H,1H3,(H,11,13)(H2,12,14,15,16). The predicted octanol–water partition coefficient (Wildman–Crippen LogP) is 0.922. The van der Waals surface area contributed by atoms with Gasteiger partial charge in [-0.15, -0.1) is 0 Å². The van der Waals surface area contributed by atoms with E-state index < -0.39 is 6.03 Å². The summed E-state index contributed by atoms with van der Waals surface area (Å²) in [6.45, 7) is 1.73. The van der Waals surface area contributed by atoms with Gasteiger partial charge in [-0.1, -0.05) is 5.16 Å². The molecule has 0 saturated carbocycles. The summed E-state index contributed by atoms with van der Waals surface area (Å²) in [5, 5.41) is 6.08. The van der Waals surface area contributed by atoms with Gasteiger partial charge < -0.3 is 4.52 Å². The number of carbonyl (C=O) groups is 1. The maximum atomic E-state index is 11.4. The zero-order chi connectivity index (χ0) is 12.1. The van der Waals surface area contributed by atoms with Gasteiger partial charge in [-0.25, -0.2) is 15.2 Å². The number of urea groups is 1. The summed E-state index contributed by atoms with van der Waals surface area (Å²) in [5.74, 6) is 1.38. The highest BCUT2D eigenvalue weighted by Crippen LogP contribution is 2.06. The Morgan fingerprint density at radius 1 is 1.35 bits per heavy atom. The zero-order valence-electron chi connectivity index (χ0n) is 8.97. The highest BCUT2D eigenvalue weighted by atomic mass is 16.5. The molecule has 0 unspecified atom stereocenters. The molecule has 0 aliphatic rings. The van der Waals surface area contributed by atoms with Crippen molar-refractivity contribution in [3.8, 4) is 0 Å². The molecule has 2 aromatic rings. The Labute approximate surface area is 96.4 Å². The fourth-order valence-corrected chi connectivity index (χ4v) is 1.06. The van der Waals surface area contributed by atoms with Gasteiger partial charge in [0.25, 0.3) is 0 Å². The number of hydrogen-bond acceptors (Lipinski definition) is 6. The molecular formula is C9H10N6O2. The molecule has 0 radical (unpaired) electrons. The number of amides is 2. The van der Waals surface area contributed by atoms with E-state index in [0.29, 0.717) is 17.4 Å². The first-order valence-electron chi connectivity index (χ1n) is 4.76. The first-order valence-corrected chi connectivity index (χ1v) is 4.76. The fourth-order valence-electron chi connectivity index (χ4n) is 1.06. The topological polar surface area (TPSA) is 105 Å². The molecule has 3 N–H and O–H groups in total. The van der Waals surface area contributed by atoms with Crippen LogP contribution in [0.5, 0.6) is 0 Å². The van der Waals surface area contributed by atoms with Crippen molar-refractivity contribution >= 4 is 17.7 Å². The molecule has 0 spiro atoms. The Morgan fingerprint density at radius 3 is 2.88 bits per heavy atom. The van der Waals surface area contributed by atoms with Gasteiger partial charge >= 0.3 is 6.03 Å². The first kappa shape index (κ1) is 10.9. The summed E-state index contributed by atoms with van der Waals surface area (Å²) in [5.41, 5.74) is 4.95. The van der Waals surface area contributed by atoms with Crippen molar-refractivity contribution in [2.75, 3.05) is 10.7 Å². The lowest BCUT2D eigenvalue weighted by atomic mass is 10.5. The molecule has 0 atom stereocenters. The lowest BCUT2D eigenvalue weighted by molar-refractivity contribution is 0.253. The summed E-state index contributed by atoms with van der Waals surface area (Å²) in [6, 6.07) is 1.12. The van der Waals surface area contributed by atoms with Crippen LogP contribution < -0.4 is 16.2 Å². The van der Waals surface area contributed by atoms with Crippen LogP contribution in [0.2, 0.25) is 0 Å². The van der Waals surface area contributed by atoms with Gasteiger partial charge in [0, 0.05) is 18.5 Å². The lowest BCUT2D eigenvalue weighted by Crippen LogP contribution is -2.34. The summed E-state index contributed by atoms with van der Waals surface area (Å²) in [6.07, 6.45) is 4.51. The van der Waals surface area contributed by atoms with E-state index >= 15 is 0 Å². The maximum Gasteiger partial charge on any atom is 0.339 e. The average molecular weight is 234 g/mol. The van der Waals surface area contributed by atoms with Crippen LogP contribution in [0.3, 0.4) is 0 Å². The summed E-state index contributed by atoms with van der Waals surface area (Å²) >= 11 is 0. The van der Waals surface area contributed by atoms with Crippen molar-refractivity contribution in [1.82, 2.24) is 20.6 Å². The minimum absolute atomic E-state index is 0.334. The van der Waals surface area contributed by atoms with Crippen molar-refractivity contribution in [3.63, 3.8) is 0 Å². The van der Waals surface area contributed by atoms with Crippen molar-refractivity contribution in [2.45, 2.75) is 6.92 Å². The van der Waals surface area contributed by atoms with Crippen LogP contribution in [0.15, 0.2) is 29.2 Å². The number of hydrogen-bond donors (Lipinski definition) is 3. The Hall–Kier alpha value is -2.64. The molecule has 0 aromatic carbocycles. The largest absolute Gasteiger partial charge is 0.360 e. The monoisotopic (exact) mass is 234 g/mol. The van der Waals surface area contributed by atoms with E-state index in [0.717, 1.165) is 0 Å². The summed E-state index contributed by atoms with van der Waals surface area (Å²) in [7, 11) is 0. The number of nitrogens with one attached hydrogen (secondary N) is 3. The number of aryl methyl sites for hydroxylation is 1. The van der Waals surface area contributed by atoms with E-state index in [4.69, 9.17) is 4.52 Å². The van der Waals surface area contributed by atoms with E-state index in [-0.39, 0.29) is 0 Å². The van der Waals surface area contributed by atoms with Gasteiger partial charge in [0.15, 0.2) is 11.6 Å². The highest BCUT2D eigenvalue weighted by molar-refractivity contribution is 5.88. The second-order valence-electron chi connectivity index (χ2n) is 3.12. The molecule has 8 nitrogen and oxygen atoms in total. The second kappa shape index (κ2) is 4.92. The number of aromatic nitrogens is 3. The average Bonchev–Trinajstić information content (AvgIpc) is 2.73. The Bertz CT molecular complexity index is 497. The quantitative estimate of drug-likeness (QED) is 0.682. The number of hydrazine groups is 1. The SMILES string of the molecule is Cc1cc(NC(=O)NNc2cnccn2)no1. The molecule has 0 fully saturated rings. The van der Waals surface area contributed by atoms with Gasteiger partial charge in [0.05, 0.1) is 6.20 Å². The molecule has 0 bridgehead atoms. The van der Waals surface area contributed by atoms with Gasteiger partial charge in [0.2, 0.25) is 0 Å². The molecule has 88 valence electrons. The smallest absolute Gasteiger partial charge is 0.339 e. The molecule has 0 saturated heterocycles. The molecule has 17 heavy (non-hydrogen) atoms. The van der Waals surface area contributed by atoms with Gasteiger partial charge in [-0.3, -0.25) is 15.7 Å². The molecule has 0 aliphatic carbocycles. The van der Waals surface area contributed by atoms with Crippen molar-refractivity contribution in [3.05, 3.63) is 30.4 Å². The third kappa shape index (κ3) is 3.16. The summed E-state index contributed by atoms with van der Waals surface area (Å²) in [4.78, 5) is 19.1. The third-order valence-corrected chi connectivity index (χ3v) is 1.74. The minimum Gasteiger partial charge on any atom is -0.360 e. The van der Waals surface area contributed by atoms with Gasteiger partial charge in [-0.2, -0.15) is 0 Å². The number of carbonyl (C=O) groups excluding carboxylic acids is 1. The van der Waals surface area contributed by atoms with E-state index in [9.17, 15) is 4.79 Å². The van der Waals surface area contributed by atoms with Crippen LogP contribution in [-0.2, 0) is 0 Å². The zero-order valence-corrected chi connectivity index (χ0v) is 8.97. The Balaban J connectivity index is 1.82. The van der Waals surface area contributed by atoms with Crippen molar-refractivity contribution in [1.29, 1.82) is 0 Å². The number of rotatable bonds is 3. The second-order valence-corrected chi connectivity index (χ2v) is 3.12. The Kier molecular flexibility index (Phi) is 3.15. The van der Waals surface area contributed by atoms with Crippen molar-refractivity contribution < 1.29 is 9.32 Å². The fraction of sp³-hybridized carbons (Fsp3) is 0.111. The molecule has 2 rings (SSSR count). The third-order valence-electron chi connectivity index (χ3n) is 1.74. The van der Waals surface area contributed by atoms with E-state index in [1.165, 1.54) is 18.6 Å². The van der Waals surface area contributed by atoms with Crippen LogP contribution in [0.1, 0.15) is 5.76 Å². The van der Waals surface area contributed by atoms with Crippen LogP contribution in [0.25, 0.3) is 0 Å². The molecule has 0 aliphatic heterocycles. The van der Waals surface area contributed by atoms with Crippen LogP contribution >= 0.6 is 0 Å². The predicted molar refractivity (Wildman–Crippen MR) is 59.0 cm³/mol. The Morgan fingerprint density at radius 2 is 2.24 bits per heavy atom. The normalized spacial score (nSPS) is 9.71. The molecule has 2 amide bonds. The highest BCUT2D eigenvalue weighted by Gasteiger charge is 2.05. The lowest BCUT2D eigenvalue weighted by Gasteiger charge is -2.06. The maximum absolute atomic E-state index is 11.4. The van der Waals surface area contributed by atoms with E-state index in [2.05, 4.69) is 31.3 Å². The number of anilines is 2. The van der Waals surface area contributed by atoms with Crippen molar-refractivity contribution in [2.24, 2.45) is 0 Å².